The van der Waals surface area contributed by atoms with Crippen molar-refractivity contribution in [2.24, 2.45) is 23.2 Å². The van der Waals surface area contributed by atoms with Crippen LogP contribution in [0.15, 0.2) is 18.2 Å². The number of fused-ring (bicyclic) bond motifs is 1. The van der Waals surface area contributed by atoms with Gasteiger partial charge in [0.1, 0.15) is 41.8 Å². The van der Waals surface area contributed by atoms with E-state index < -0.39 is 121 Å². The van der Waals surface area contributed by atoms with Crippen LogP contribution in [0.25, 0.3) is 0 Å². The molecule has 2 aliphatic carbocycles. The minimum absolute atomic E-state index is 0.0412. The highest BCUT2D eigenvalue weighted by molar-refractivity contribution is 6.33. The molecule has 5 rings (SSSR count). The molecule has 2 saturated heterocycles. The van der Waals surface area contributed by atoms with Gasteiger partial charge in [-0.15, -0.1) is 0 Å². The van der Waals surface area contributed by atoms with Gasteiger partial charge in [0.05, 0.1) is 5.92 Å². The lowest BCUT2D eigenvalue weighted by Gasteiger charge is -2.36. The highest BCUT2D eigenvalue weighted by Gasteiger charge is 2.70. The zero-order chi connectivity index (χ0) is 47.3. The third-order valence-electron chi connectivity index (χ3n) is 13.2. The van der Waals surface area contributed by atoms with Crippen molar-refractivity contribution in [3.8, 4) is 0 Å². The van der Waals surface area contributed by atoms with Crippen molar-refractivity contribution in [3.63, 3.8) is 0 Å². The number of carbonyl (C=O) groups is 7. The molecular formula is C44H60Cl2F4N6O8. The molecule has 0 aromatic heterocycles. The SMILES string of the molecule is COCC[C@H](NC(=O)[C@@H]1C[C@@H](F)CC1C(=O)C1(C(F)(F)F)CC1)C(=O)N(C)[C@H]1CCCCNC(=O)[C@H]2CCCN2C(=O)[C@H](Cc2cc(Cl)ccc2Cl)N(C)C(=O)[C@H](CC(C)C)NC1=O. The molecular weight excluding hydrogens is 887 g/mol. The van der Waals surface area contributed by atoms with Gasteiger partial charge in [0.25, 0.3) is 0 Å². The van der Waals surface area contributed by atoms with Gasteiger partial charge in [-0.05, 0) is 100 Å². The number of methoxy groups -OCH3 is 1. The number of hydrogen-bond acceptors (Lipinski definition) is 8. The summed E-state index contributed by atoms with van der Waals surface area (Å²) < 4.78 is 61.9. The summed E-state index contributed by atoms with van der Waals surface area (Å²) in [6, 6.07) is -1.07. The van der Waals surface area contributed by atoms with Gasteiger partial charge in [-0.25, -0.2) is 4.39 Å². The van der Waals surface area contributed by atoms with Gasteiger partial charge in [0.2, 0.25) is 35.4 Å². The Morgan fingerprint density at radius 3 is 2.33 bits per heavy atom. The van der Waals surface area contributed by atoms with Crippen LogP contribution >= 0.6 is 23.2 Å². The second kappa shape index (κ2) is 21.5. The van der Waals surface area contributed by atoms with E-state index in [1.54, 1.807) is 18.2 Å². The number of rotatable bonds is 13. The first-order chi connectivity index (χ1) is 30.1. The average molecular weight is 948 g/mol. The smallest absolute Gasteiger partial charge is 0.385 e. The molecule has 4 aliphatic rings. The molecule has 1 aromatic carbocycles. The maximum absolute atomic E-state index is 14.8. The number of carbonyl (C=O) groups excluding carboxylic acids is 7. The normalized spacial score (nSPS) is 27.5. The fraction of sp³-hybridized carbons (Fsp3) is 0.705. The quantitative estimate of drug-likeness (QED) is 0.237. The van der Waals surface area contributed by atoms with Gasteiger partial charge in [0.15, 0.2) is 5.78 Å². The Kier molecular flexibility index (Phi) is 17.1. The maximum Gasteiger partial charge on any atom is 0.401 e. The summed E-state index contributed by atoms with van der Waals surface area (Å²) in [6.07, 6.45) is -6.93. The van der Waals surface area contributed by atoms with Gasteiger partial charge in [-0.3, -0.25) is 33.6 Å². The molecule has 2 aliphatic heterocycles. The number of alkyl halides is 4. The lowest BCUT2D eigenvalue weighted by atomic mass is 9.82. The van der Waals surface area contributed by atoms with E-state index in [0.717, 1.165) is 4.90 Å². The lowest BCUT2D eigenvalue weighted by molar-refractivity contribution is -0.194. The molecule has 0 bridgehead atoms. The number of nitrogens with one attached hydrogen (secondary N) is 3. The van der Waals surface area contributed by atoms with Gasteiger partial charge < -0.3 is 35.4 Å². The molecule has 8 atom stereocenters. The van der Waals surface area contributed by atoms with E-state index in [1.807, 2.05) is 13.8 Å². The van der Waals surface area contributed by atoms with Gasteiger partial charge in [0, 0.05) is 63.3 Å². The van der Waals surface area contributed by atoms with E-state index in [0.29, 0.717) is 41.3 Å². The van der Waals surface area contributed by atoms with Crippen LogP contribution in [0, 0.1) is 23.2 Å². The summed E-state index contributed by atoms with van der Waals surface area (Å²) in [6.45, 7) is 4.08. The summed E-state index contributed by atoms with van der Waals surface area (Å²) in [5, 5.41) is 8.93. The molecule has 20 heteroatoms. The molecule has 4 fully saturated rings. The predicted octanol–water partition coefficient (Wildman–Crippen LogP) is 4.81. The fourth-order valence-corrected chi connectivity index (χ4v) is 9.71. The van der Waals surface area contributed by atoms with E-state index in [2.05, 4.69) is 16.0 Å². The number of nitrogens with zero attached hydrogens (tertiary/aromatic N) is 3. The topological polar surface area (TPSA) is 175 Å². The number of Topliss-reactive ketones (excluding diaryl/α,β-unsaturated/α-hetero) is 1. The third kappa shape index (κ3) is 11.7. The summed E-state index contributed by atoms with van der Waals surface area (Å²) >= 11 is 12.9. The van der Waals surface area contributed by atoms with Crippen LogP contribution < -0.4 is 16.0 Å². The Morgan fingerprint density at radius 2 is 1.69 bits per heavy atom. The predicted molar refractivity (Wildman–Crippen MR) is 229 cm³/mol. The average Bonchev–Trinajstić information content (AvgIpc) is 3.76. The van der Waals surface area contributed by atoms with Crippen LogP contribution in [0.3, 0.4) is 0 Å². The van der Waals surface area contributed by atoms with Crippen molar-refractivity contribution >= 4 is 64.4 Å². The van der Waals surface area contributed by atoms with Crippen molar-refractivity contribution in [2.45, 2.75) is 133 Å². The van der Waals surface area contributed by atoms with Gasteiger partial charge in [-0.1, -0.05) is 37.0 Å². The number of ether oxygens (including phenoxy) is 1. The first-order valence-corrected chi connectivity index (χ1v) is 22.8. The van der Waals surface area contributed by atoms with Crippen molar-refractivity contribution in [1.82, 2.24) is 30.7 Å². The highest BCUT2D eigenvalue weighted by atomic mass is 35.5. The fourth-order valence-electron chi connectivity index (χ4n) is 9.32. The maximum atomic E-state index is 14.8. The molecule has 2 saturated carbocycles. The van der Waals surface area contributed by atoms with Crippen molar-refractivity contribution < 1.29 is 55.9 Å². The molecule has 3 N–H and O–H groups in total. The second-order valence-electron chi connectivity index (χ2n) is 18.1. The zero-order valence-corrected chi connectivity index (χ0v) is 38.4. The Labute approximate surface area is 381 Å². The Bertz CT molecular complexity index is 1920. The molecule has 0 radical (unpaired) electrons. The largest absolute Gasteiger partial charge is 0.401 e. The van der Waals surface area contributed by atoms with Crippen LogP contribution in [0.4, 0.5) is 17.6 Å². The second-order valence-corrected chi connectivity index (χ2v) is 18.9. The lowest BCUT2D eigenvalue weighted by Crippen LogP contribution is -2.60. The number of amides is 6. The number of ketones is 1. The standard InChI is InChI=1S/C44H60Cl2F4N6O8/c1-24(2)19-32-41(62)55(4)35(21-25-20-26(45)11-12-30(25)46)42(63)56-17-8-10-34(56)38(59)51-16-7-6-9-33(39(60)53-32)54(3)40(61)31(13-18-64-5)52-37(58)29-23-27(47)22-28(29)36(57)43(14-15-43)44(48,49)50/h11-12,20,24,27-29,31-35H,6-10,13-19,21-23H2,1-5H3,(H,51,59)(H,52,58)(H,53,60)/t27-,28?,29+,31-,32-,33-,34+,35-/m0/s1. The third-order valence-corrected chi connectivity index (χ3v) is 13.8. The van der Waals surface area contributed by atoms with E-state index in [-0.39, 0.29) is 57.2 Å². The molecule has 1 aromatic rings. The Hall–Kier alpha value is -4.03. The van der Waals surface area contributed by atoms with E-state index in [9.17, 15) is 51.1 Å². The minimum Gasteiger partial charge on any atom is -0.385 e. The summed E-state index contributed by atoms with van der Waals surface area (Å²) in [4.78, 5) is 103. The zero-order valence-electron chi connectivity index (χ0n) is 36.9. The molecule has 14 nitrogen and oxygen atoms in total. The summed E-state index contributed by atoms with van der Waals surface area (Å²) in [7, 11) is 4.12. The van der Waals surface area contributed by atoms with Crippen LogP contribution in [0.1, 0.15) is 90.0 Å². The molecule has 6 amide bonds. The number of halogens is 6. The minimum atomic E-state index is -4.86. The van der Waals surface area contributed by atoms with E-state index in [1.165, 1.54) is 31.0 Å². The molecule has 64 heavy (non-hydrogen) atoms. The Balaban J connectivity index is 1.43. The summed E-state index contributed by atoms with van der Waals surface area (Å²) in [5.41, 5.74) is -2.14. The summed E-state index contributed by atoms with van der Waals surface area (Å²) in [5.74, 6) is -8.33. The van der Waals surface area contributed by atoms with Gasteiger partial charge in [-0.2, -0.15) is 13.2 Å². The van der Waals surface area contributed by atoms with Gasteiger partial charge >= 0.3 is 6.18 Å². The Morgan fingerprint density at radius 1 is 1.00 bits per heavy atom. The highest BCUT2D eigenvalue weighted by Crippen LogP contribution is 2.61. The molecule has 1 unspecified atom stereocenters. The van der Waals surface area contributed by atoms with Crippen LogP contribution in [0.2, 0.25) is 10.0 Å². The number of likely N-dealkylation sites (N-methyl/N-ethyl adjacent to an activating group) is 2. The monoisotopic (exact) mass is 946 g/mol. The number of benzene rings is 1. The van der Waals surface area contributed by atoms with E-state index in [4.69, 9.17) is 27.9 Å². The molecule has 0 spiro atoms. The van der Waals surface area contributed by atoms with Crippen molar-refractivity contribution in [1.29, 1.82) is 0 Å². The van der Waals surface area contributed by atoms with Crippen molar-refractivity contribution in [3.05, 3.63) is 33.8 Å². The molecule has 356 valence electrons. The first-order valence-electron chi connectivity index (χ1n) is 22.0. The van der Waals surface area contributed by atoms with Crippen LogP contribution in [-0.2, 0) is 44.7 Å². The van der Waals surface area contributed by atoms with Crippen LogP contribution in [-0.4, -0.2) is 139 Å². The van der Waals surface area contributed by atoms with Crippen molar-refractivity contribution in [2.75, 3.05) is 40.9 Å². The molecule has 2 heterocycles. The number of hydrogen-bond donors (Lipinski definition) is 3. The first kappa shape index (κ1) is 51.0. The van der Waals surface area contributed by atoms with Crippen LogP contribution in [0.5, 0.6) is 0 Å². The van der Waals surface area contributed by atoms with E-state index >= 15 is 0 Å².